The summed E-state index contributed by atoms with van der Waals surface area (Å²) in [5, 5.41) is 3.08. The Morgan fingerprint density at radius 2 is 1.72 bits per heavy atom. The molecule has 4 rings (SSSR count). The van der Waals surface area contributed by atoms with Crippen molar-refractivity contribution in [2.24, 2.45) is 5.92 Å². The highest BCUT2D eigenvalue weighted by molar-refractivity contribution is 5.79. The van der Waals surface area contributed by atoms with E-state index in [9.17, 15) is 4.79 Å². The van der Waals surface area contributed by atoms with Crippen LogP contribution in [0.4, 0.5) is 5.82 Å². The molecule has 0 atom stereocenters. The summed E-state index contributed by atoms with van der Waals surface area (Å²) in [7, 11) is 1.62. The van der Waals surface area contributed by atoms with Crippen LogP contribution in [0.1, 0.15) is 24.0 Å². The van der Waals surface area contributed by atoms with E-state index in [1.54, 1.807) is 7.11 Å². The number of aryl methyl sites for hydroxylation is 1. The van der Waals surface area contributed by atoms with Gasteiger partial charge in [0.05, 0.1) is 18.1 Å². The highest BCUT2D eigenvalue weighted by Crippen LogP contribution is 2.30. The Morgan fingerprint density at radius 3 is 2.38 bits per heavy atom. The monoisotopic (exact) mass is 390 g/mol. The number of fused-ring (bicyclic) bond motifs is 1. The summed E-state index contributed by atoms with van der Waals surface area (Å²) in [5.41, 5.74) is 4.01. The van der Waals surface area contributed by atoms with E-state index < -0.39 is 0 Å². The number of nitrogens with one attached hydrogen (secondary N) is 1. The van der Waals surface area contributed by atoms with Gasteiger partial charge in [0.1, 0.15) is 0 Å². The minimum Gasteiger partial charge on any atom is -0.478 e. The molecule has 0 radical (unpaired) electrons. The molecule has 0 spiro atoms. The van der Waals surface area contributed by atoms with Crippen LogP contribution in [0.5, 0.6) is 5.88 Å². The van der Waals surface area contributed by atoms with Crippen molar-refractivity contribution in [3.05, 3.63) is 59.7 Å². The highest BCUT2D eigenvalue weighted by Gasteiger charge is 2.27. The summed E-state index contributed by atoms with van der Waals surface area (Å²) in [4.78, 5) is 24.1. The van der Waals surface area contributed by atoms with Crippen molar-refractivity contribution in [1.29, 1.82) is 0 Å². The number of carbonyl (C=O) groups excluding carboxylic acids is 1. The highest BCUT2D eigenvalue weighted by atomic mass is 16.5. The fraction of sp³-hybridized carbons (Fsp3) is 0.348. The maximum Gasteiger partial charge on any atom is 0.257 e. The lowest BCUT2D eigenvalue weighted by Crippen LogP contribution is -2.40. The van der Waals surface area contributed by atoms with Crippen molar-refractivity contribution in [3.63, 3.8) is 0 Å². The molecular weight excluding hydrogens is 364 g/mol. The van der Waals surface area contributed by atoms with Crippen LogP contribution >= 0.6 is 0 Å². The topological polar surface area (TPSA) is 67.4 Å². The number of piperidine rings is 1. The summed E-state index contributed by atoms with van der Waals surface area (Å²) in [6, 6.07) is 16.0. The number of hydrogen-bond acceptors (Lipinski definition) is 5. The van der Waals surface area contributed by atoms with Crippen molar-refractivity contribution in [2.75, 3.05) is 25.1 Å². The summed E-state index contributed by atoms with van der Waals surface area (Å²) >= 11 is 0. The molecule has 150 valence electrons. The molecule has 1 aliphatic rings. The number of aromatic nitrogens is 2. The van der Waals surface area contributed by atoms with Gasteiger partial charge in [-0.25, -0.2) is 9.97 Å². The van der Waals surface area contributed by atoms with Crippen molar-refractivity contribution >= 4 is 22.8 Å². The van der Waals surface area contributed by atoms with E-state index in [2.05, 4.69) is 46.4 Å². The van der Waals surface area contributed by atoms with E-state index in [-0.39, 0.29) is 11.8 Å². The summed E-state index contributed by atoms with van der Waals surface area (Å²) in [6.45, 7) is 4.15. The molecule has 2 aromatic carbocycles. The lowest BCUT2D eigenvalue weighted by Gasteiger charge is -2.32. The Hall–Kier alpha value is -3.15. The fourth-order valence-corrected chi connectivity index (χ4v) is 3.71. The van der Waals surface area contributed by atoms with Crippen LogP contribution in [-0.4, -0.2) is 36.1 Å². The summed E-state index contributed by atoms with van der Waals surface area (Å²) in [5.74, 6) is 1.44. The molecule has 2 heterocycles. The van der Waals surface area contributed by atoms with Crippen molar-refractivity contribution < 1.29 is 9.53 Å². The molecule has 1 fully saturated rings. The maximum atomic E-state index is 12.6. The van der Waals surface area contributed by atoms with Gasteiger partial charge in [0.2, 0.25) is 5.91 Å². The van der Waals surface area contributed by atoms with Crippen LogP contribution in [-0.2, 0) is 11.3 Å². The molecule has 0 unspecified atom stereocenters. The quantitative estimate of drug-likeness (QED) is 0.722. The third kappa shape index (κ3) is 4.31. The molecule has 6 nitrogen and oxygen atoms in total. The third-order valence-corrected chi connectivity index (χ3v) is 5.47. The normalized spacial score (nSPS) is 14.8. The van der Waals surface area contributed by atoms with Crippen LogP contribution in [0.15, 0.2) is 48.5 Å². The first-order valence-corrected chi connectivity index (χ1v) is 10.0. The van der Waals surface area contributed by atoms with Crippen molar-refractivity contribution in [2.45, 2.75) is 26.3 Å². The van der Waals surface area contributed by atoms with Gasteiger partial charge in [0, 0.05) is 25.6 Å². The zero-order chi connectivity index (χ0) is 20.2. The van der Waals surface area contributed by atoms with Gasteiger partial charge in [-0.2, -0.15) is 0 Å². The van der Waals surface area contributed by atoms with Crippen LogP contribution < -0.4 is 15.0 Å². The van der Waals surface area contributed by atoms with Crippen LogP contribution in [0.3, 0.4) is 0 Å². The number of nitrogens with zero attached hydrogens (tertiary/aromatic N) is 3. The molecular formula is C23H26N4O2. The molecule has 0 bridgehead atoms. The number of rotatable bonds is 5. The molecule has 0 aliphatic carbocycles. The van der Waals surface area contributed by atoms with Gasteiger partial charge in [-0.3, -0.25) is 4.79 Å². The number of benzene rings is 2. The molecule has 29 heavy (non-hydrogen) atoms. The fourth-order valence-electron chi connectivity index (χ4n) is 3.71. The number of hydrogen-bond donors (Lipinski definition) is 1. The van der Waals surface area contributed by atoms with Gasteiger partial charge in [0.15, 0.2) is 5.82 Å². The number of anilines is 1. The van der Waals surface area contributed by atoms with Crippen LogP contribution in [0.25, 0.3) is 11.0 Å². The number of methoxy groups -OCH3 is 1. The molecule has 3 aromatic rings. The van der Waals surface area contributed by atoms with Gasteiger partial charge in [-0.05, 0) is 37.5 Å². The molecule has 0 saturated carbocycles. The first-order valence-electron chi connectivity index (χ1n) is 10.0. The van der Waals surface area contributed by atoms with E-state index >= 15 is 0 Å². The van der Waals surface area contributed by atoms with Gasteiger partial charge in [-0.1, -0.05) is 42.0 Å². The number of para-hydroxylation sites is 2. The predicted molar refractivity (Wildman–Crippen MR) is 114 cm³/mol. The second kappa shape index (κ2) is 8.47. The van der Waals surface area contributed by atoms with E-state index in [1.807, 2.05) is 24.3 Å². The lowest BCUT2D eigenvalue weighted by molar-refractivity contribution is -0.125. The lowest BCUT2D eigenvalue weighted by atomic mass is 9.96. The van der Waals surface area contributed by atoms with Gasteiger partial charge in [0.25, 0.3) is 5.88 Å². The second-order valence-electron chi connectivity index (χ2n) is 7.51. The Bertz CT molecular complexity index is 995. The standard InChI is InChI=1S/C23H26N4O2/c1-16-7-9-17(10-8-16)15-24-22(28)18-11-13-27(14-12-18)21-23(29-2)26-20-6-4-3-5-19(20)25-21/h3-10,18H,11-15H2,1-2H3,(H,24,28). The molecule has 1 saturated heterocycles. The molecule has 1 amide bonds. The Balaban J connectivity index is 1.38. The third-order valence-electron chi connectivity index (χ3n) is 5.47. The van der Waals surface area contributed by atoms with E-state index in [0.717, 1.165) is 48.3 Å². The smallest absolute Gasteiger partial charge is 0.257 e. The summed E-state index contributed by atoms with van der Waals surface area (Å²) in [6.07, 6.45) is 1.58. The number of amides is 1. The minimum absolute atomic E-state index is 0.0242. The number of carbonyl (C=O) groups is 1. The SMILES string of the molecule is COc1nc2ccccc2nc1N1CCC(C(=O)NCc2ccc(C)cc2)CC1. The largest absolute Gasteiger partial charge is 0.478 e. The van der Waals surface area contributed by atoms with Gasteiger partial charge in [-0.15, -0.1) is 0 Å². The second-order valence-corrected chi connectivity index (χ2v) is 7.51. The van der Waals surface area contributed by atoms with Gasteiger partial charge < -0.3 is 15.0 Å². The average molecular weight is 390 g/mol. The average Bonchev–Trinajstić information content (AvgIpc) is 2.77. The van der Waals surface area contributed by atoms with E-state index in [0.29, 0.717) is 12.4 Å². The zero-order valence-electron chi connectivity index (χ0n) is 16.9. The minimum atomic E-state index is 0.0242. The van der Waals surface area contributed by atoms with Gasteiger partial charge >= 0.3 is 0 Å². The zero-order valence-corrected chi connectivity index (χ0v) is 16.9. The number of ether oxygens (including phenoxy) is 1. The Labute approximate surface area is 170 Å². The van der Waals surface area contributed by atoms with E-state index in [4.69, 9.17) is 9.72 Å². The molecule has 1 aromatic heterocycles. The van der Waals surface area contributed by atoms with Crippen LogP contribution in [0, 0.1) is 12.8 Å². The Kier molecular flexibility index (Phi) is 5.60. The van der Waals surface area contributed by atoms with Crippen molar-refractivity contribution in [3.8, 4) is 5.88 Å². The molecule has 1 aliphatic heterocycles. The van der Waals surface area contributed by atoms with Crippen LogP contribution in [0.2, 0.25) is 0 Å². The first-order chi connectivity index (χ1) is 14.1. The maximum absolute atomic E-state index is 12.6. The Morgan fingerprint density at radius 1 is 1.07 bits per heavy atom. The molecule has 6 heteroatoms. The first kappa shape index (κ1) is 19.2. The van der Waals surface area contributed by atoms with E-state index in [1.165, 1.54) is 5.56 Å². The van der Waals surface area contributed by atoms with Crippen molar-refractivity contribution in [1.82, 2.24) is 15.3 Å². The predicted octanol–water partition coefficient (Wildman–Crippen LogP) is 3.48. The summed E-state index contributed by atoms with van der Waals surface area (Å²) < 4.78 is 5.48. The molecule has 1 N–H and O–H groups in total.